The first-order chi connectivity index (χ1) is 6.29. The van der Waals surface area contributed by atoms with Crippen LogP contribution < -0.4 is 5.11 Å². The molecular weight excluding hydrogens is 174 g/mol. The van der Waals surface area contributed by atoms with Crippen LogP contribution in [-0.4, -0.2) is 17.8 Å². The van der Waals surface area contributed by atoms with Gasteiger partial charge in [0.05, 0.1) is 0 Å². The van der Waals surface area contributed by atoms with Gasteiger partial charge in [-0.15, -0.1) is 0 Å². The molecule has 5 heteroatoms. The van der Waals surface area contributed by atoms with Crippen LogP contribution in [0.4, 0.5) is 4.79 Å². The molecule has 2 aliphatic heterocycles. The second-order valence-electron chi connectivity index (χ2n) is 2.44. The molecule has 2 aliphatic rings. The zero-order chi connectivity index (χ0) is 9.26. The quantitative estimate of drug-likeness (QED) is 0.521. The van der Waals surface area contributed by atoms with Crippen molar-refractivity contribution in [1.82, 2.24) is 4.90 Å². The van der Waals surface area contributed by atoms with Crippen LogP contribution in [-0.2, 0) is 9.47 Å². The Labute approximate surface area is 74.2 Å². The van der Waals surface area contributed by atoms with Crippen molar-refractivity contribution in [3.63, 3.8) is 0 Å². The van der Waals surface area contributed by atoms with Gasteiger partial charge in [0.15, 0.2) is 5.76 Å². The number of ether oxygens (including phenoxy) is 2. The molecule has 13 heavy (non-hydrogen) atoms. The molecule has 0 saturated heterocycles. The molecule has 2 rings (SSSR count). The van der Waals surface area contributed by atoms with E-state index in [-0.39, 0.29) is 6.79 Å². The number of hydrogen-bond acceptors (Lipinski definition) is 4. The molecule has 5 nitrogen and oxygen atoms in total. The Bertz CT molecular complexity index is 329. The molecule has 0 aromatic heterocycles. The summed E-state index contributed by atoms with van der Waals surface area (Å²) in [7, 11) is 0. The molecule has 0 fully saturated rings. The predicted octanol–water partition coefficient (Wildman–Crippen LogP) is -0.111. The number of hydrogen-bond donors (Lipinski definition) is 0. The lowest BCUT2D eigenvalue weighted by Gasteiger charge is -2.29. The topological polar surface area (TPSA) is 61.8 Å². The lowest BCUT2D eigenvalue weighted by Crippen LogP contribution is -2.39. The zero-order valence-corrected chi connectivity index (χ0v) is 6.60. The van der Waals surface area contributed by atoms with Crippen molar-refractivity contribution >= 4 is 6.09 Å². The van der Waals surface area contributed by atoms with E-state index in [4.69, 9.17) is 9.47 Å². The Morgan fingerprint density at radius 2 is 2.46 bits per heavy atom. The molecule has 0 bridgehead atoms. The van der Waals surface area contributed by atoms with Gasteiger partial charge >= 0.3 is 0 Å². The van der Waals surface area contributed by atoms with Crippen molar-refractivity contribution in [2.75, 3.05) is 6.79 Å². The van der Waals surface area contributed by atoms with Crippen molar-refractivity contribution in [3.8, 4) is 0 Å². The summed E-state index contributed by atoms with van der Waals surface area (Å²) in [4.78, 5) is 11.5. The highest BCUT2D eigenvalue weighted by atomic mass is 16.7. The summed E-state index contributed by atoms with van der Waals surface area (Å²) in [5, 5.41) is 10.6. The number of rotatable bonds is 0. The summed E-state index contributed by atoms with van der Waals surface area (Å²) in [6.45, 7) is 0.101. The van der Waals surface area contributed by atoms with Gasteiger partial charge in [0.1, 0.15) is 18.1 Å². The zero-order valence-electron chi connectivity index (χ0n) is 6.60. The van der Waals surface area contributed by atoms with Gasteiger partial charge in [0.2, 0.25) is 6.79 Å². The molecule has 0 aromatic rings. The third kappa shape index (κ3) is 1.24. The summed E-state index contributed by atoms with van der Waals surface area (Å²) in [6, 6.07) is 0. The number of amides is 1. The molecule has 2 heterocycles. The van der Waals surface area contributed by atoms with E-state index >= 15 is 0 Å². The molecule has 68 valence electrons. The summed E-state index contributed by atoms with van der Waals surface area (Å²) in [5.41, 5.74) is 0.341. The molecule has 0 radical (unpaired) electrons. The minimum atomic E-state index is -1.32. The van der Waals surface area contributed by atoms with Crippen LogP contribution in [0.15, 0.2) is 36.1 Å². The van der Waals surface area contributed by atoms with E-state index in [0.29, 0.717) is 11.5 Å². The number of carboxylic acid groups (broad SMARTS) is 1. The van der Waals surface area contributed by atoms with Crippen molar-refractivity contribution in [1.29, 1.82) is 0 Å². The van der Waals surface area contributed by atoms with Crippen molar-refractivity contribution in [2.24, 2.45) is 0 Å². The van der Waals surface area contributed by atoms with Crippen LogP contribution in [0, 0.1) is 0 Å². The van der Waals surface area contributed by atoms with Crippen LogP contribution in [0.5, 0.6) is 0 Å². The van der Waals surface area contributed by atoms with E-state index in [2.05, 4.69) is 0 Å². The Morgan fingerprint density at radius 3 is 3.23 bits per heavy atom. The first-order valence-corrected chi connectivity index (χ1v) is 3.62. The van der Waals surface area contributed by atoms with Gasteiger partial charge in [-0.2, -0.15) is 0 Å². The van der Waals surface area contributed by atoms with E-state index < -0.39 is 6.09 Å². The molecule has 0 unspecified atom stereocenters. The fourth-order valence-electron chi connectivity index (χ4n) is 1.11. The van der Waals surface area contributed by atoms with Crippen LogP contribution in [0.3, 0.4) is 0 Å². The smallest absolute Gasteiger partial charge is 0.230 e. The summed E-state index contributed by atoms with van der Waals surface area (Å²) in [6.07, 6.45) is 4.60. The Hall–Kier alpha value is -1.91. The number of carbonyl (C=O) groups excluding carboxylic acids is 1. The highest BCUT2D eigenvalue weighted by Crippen LogP contribution is 2.24. The fraction of sp³-hybridized carbons (Fsp3) is 0.125. The predicted molar refractivity (Wildman–Crippen MR) is 39.6 cm³/mol. The summed E-state index contributed by atoms with van der Waals surface area (Å²) >= 11 is 0. The first-order valence-electron chi connectivity index (χ1n) is 3.62. The largest absolute Gasteiger partial charge is 0.529 e. The van der Waals surface area contributed by atoms with Crippen molar-refractivity contribution in [2.45, 2.75) is 0 Å². The van der Waals surface area contributed by atoms with Gasteiger partial charge in [-0.3, -0.25) is 4.90 Å². The van der Waals surface area contributed by atoms with E-state index in [1.807, 2.05) is 0 Å². The van der Waals surface area contributed by atoms with Gasteiger partial charge in [-0.1, -0.05) is 0 Å². The second kappa shape index (κ2) is 2.85. The van der Waals surface area contributed by atoms with Crippen LogP contribution >= 0.6 is 0 Å². The van der Waals surface area contributed by atoms with E-state index in [0.717, 1.165) is 4.90 Å². The van der Waals surface area contributed by atoms with E-state index in [9.17, 15) is 9.90 Å². The lowest BCUT2D eigenvalue weighted by atomic mass is 10.2. The molecule has 0 aromatic carbocycles. The van der Waals surface area contributed by atoms with Gasteiger partial charge in [-0.25, -0.2) is 0 Å². The van der Waals surface area contributed by atoms with E-state index in [1.54, 1.807) is 12.2 Å². The Kier molecular flexibility index (Phi) is 1.70. The van der Waals surface area contributed by atoms with Crippen molar-refractivity contribution < 1.29 is 19.4 Å². The highest BCUT2D eigenvalue weighted by molar-refractivity contribution is 5.69. The molecule has 1 amide bonds. The van der Waals surface area contributed by atoms with Crippen LogP contribution in [0.2, 0.25) is 0 Å². The van der Waals surface area contributed by atoms with E-state index in [1.165, 1.54) is 12.5 Å². The number of fused-ring (bicyclic) bond motifs is 1. The summed E-state index contributed by atoms with van der Waals surface area (Å²) in [5.74, 6) is 0.470. The average molecular weight is 180 g/mol. The monoisotopic (exact) mass is 180 g/mol. The second-order valence-corrected chi connectivity index (χ2v) is 2.44. The molecule has 0 aliphatic carbocycles. The third-order valence-corrected chi connectivity index (χ3v) is 1.67. The minimum absolute atomic E-state index is 0.101. The Balaban J connectivity index is 2.35. The maximum Gasteiger partial charge on any atom is 0.230 e. The molecular formula is C8H6NO4-. The van der Waals surface area contributed by atoms with Gasteiger partial charge in [0.25, 0.3) is 0 Å². The standard InChI is InChI=1S/C8H7NO4/c10-8(11)9-3-1-2-7-6(9)4-12-5-13-7/h1-4H,5H2,(H,10,11)/p-1. The number of carbonyl (C=O) groups is 1. The maximum absolute atomic E-state index is 10.6. The van der Waals surface area contributed by atoms with Crippen LogP contribution in [0.1, 0.15) is 0 Å². The van der Waals surface area contributed by atoms with Gasteiger partial charge < -0.3 is 19.4 Å². The average Bonchev–Trinajstić information content (AvgIpc) is 2.17. The lowest BCUT2D eigenvalue weighted by molar-refractivity contribution is -0.260. The number of allylic oxidation sites excluding steroid dienone is 2. The SMILES string of the molecule is O=C([O-])N1C=CC=C2OCOC=C21. The molecule has 0 spiro atoms. The first kappa shape index (κ1) is 7.72. The molecule has 0 atom stereocenters. The normalized spacial score (nSPS) is 19.2. The minimum Gasteiger partial charge on any atom is -0.529 e. The molecule has 0 saturated carbocycles. The fourth-order valence-corrected chi connectivity index (χ4v) is 1.11. The van der Waals surface area contributed by atoms with Crippen molar-refractivity contribution in [3.05, 3.63) is 36.1 Å². The van der Waals surface area contributed by atoms with Gasteiger partial charge in [-0.05, 0) is 12.2 Å². The highest BCUT2D eigenvalue weighted by Gasteiger charge is 2.20. The molecule has 0 N–H and O–H groups in total. The maximum atomic E-state index is 10.6. The van der Waals surface area contributed by atoms with Crippen LogP contribution in [0.25, 0.3) is 0 Å². The summed E-state index contributed by atoms with van der Waals surface area (Å²) < 4.78 is 9.88. The van der Waals surface area contributed by atoms with Gasteiger partial charge in [0, 0.05) is 6.20 Å². The Morgan fingerprint density at radius 1 is 1.62 bits per heavy atom. The number of nitrogens with zero attached hydrogens (tertiary/aromatic N) is 1. The third-order valence-electron chi connectivity index (χ3n) is 1.67.